The van der Waals surface area contributed by atoms with E-state index in [4.69, 9.17) is 4.74 Å². The van der Waals surface area contributed by atoms with Crippen molar-refractivity contribution in [2.75, 3.05) is 31.6 Å². The van der Waals surface area contributed by atoms with E-state index >= 15 is 0 Å². The lowest BCUT2D eigenvalue weighted by atomic mass is 9.97. The van der Waals surface area contributed by atoms with Crippen LogP contribution < -0.4 is 5.32 Å². The van der Waals surface area contributed by atoms with Gasteiger partial charge in [0.05, 0.1) is 10.9 Å². The Morgan fingerprint density at radius 2 is 1.90 bits per heavy atom. The number of hydrogen-bond donors (Lipinski definition) is 1. The molecule has 0 aliphatic heterocycles. The number of carbonyl (C=O) groups is 1. The van der Waals surface area contributed by atoms with Crippen LogP contribution in [0.3, 0.4) is 0 Å². The van der Waals surface area contributed by atoms with Gasteiger partial charge in [-0.2, -0.15) is 0 Å². The van der Waals surface area contributed by atoms with Gasteiger partial charge in [-0.3, -0.25) is 0 Å². The van der Waals surface area contributed by atoms with Crippen molar-refractivity contribution in [1.82, 2.24) is 14.9 Å². The highest BCUT2D eigenvalue weighted by Gasteiger charge is 2.20. The summed E-state index contributed by atoms with van der Waals surface area (Å²) in [6.07, 6.45) is 6.32. The topological polar surface area (TPSA) is 67.3 Å². The van der Waals surface area contributed by atoms with Gasteiger partial charge in [0.15, 0.2) is 0 Å². The maximum absolute atomic E-state index is 12.3. The van der Waals surface area contributed by atoms with E-state index in [0.29, 0.717) is 12.2 Å². The number of aromatic nitrogens is 2. The van der Waals surface area contributed by atoms with Gasteiger partial charge in [0.2, 0.25) is 0 Å². The minimum Gasteiger partial charge on any atom is -0.461 e. The fourth-order valence-corrected chi connectivity index (χ4v) is 5.13. The first-order chi connectivity index (χ1) is 14.7. The number of nitrogens with one attached hydrogen (secondary N) is 1. The molecule has 3 aromatic rings. The number of aryl methyl sites for hydroxylation is 2. The van der Waals surface area contributed by atoms with Crippen LogP contribution in [0.4, 0.5) is 11.5 Å². The van der Waals surface area contributed by atoms with Crippen molar-refractivity contribution in [3.05, 3.63) is 46.6 Å². The van der Waals surface area contributed by atoms with E-state index < -0.39 is 0 Å². The first-order valence-electron chi connectivity index (χ1n) is 10.7. The van der Waals surface area contributed by atoms with Crippen LogP contribution in [0, 0.1) is 0 Å². The highest BCUT2D eigenvalue weighted by atomic mass is 32.1. The van der Waals surface area contributed by atoms with Crippen LogP contribution in [0.15, 0.2) is 30.6 Å². The summed E-state index contributed by atoms with van der Waals surface area (Å²) < 4.78 is 5.41. The lowest BCUT2D eigenvalue weighted by molar-refractivity contribution is 0.0466. The smallest absolute Gasteiger partial charge is 0.338 e. The predicted octanol–water partition coefficient (Wildman–Crippen LogP) is 4.81. The van der Waals surface area contributed by atoms with E-state index in [-0.39, 0.29) is 5.97 Å². The summed E-state index contributed by atoms with van der Waals surface area (Å²) in [5.41, 5.74) is 2.85. The van der Waals surface area contributed by atoms with E-state index in [1.165, 1.54) is 23.3 Å². The van der Waals surface area contributed by atoms with Crippen molar-refractivity contribution in [3.8, 4) is 0 Å². The van der Waals surface area contributed by atoms with Gasteiger partial charge < -0.3 is 15.0 Å². The number of esters is 1. The Labute approximate surface area is 181 Å². The Kier molecular flexibility index (Phi) is 6.59. The average Bonchev–Trinajstić information content (AvgIpc) is 3.17. The summed E-state index contributed by atoms with van der Waals surface area (Å²) in [6, 6.07) is 7.38. The zero-order valence-electron chi connectivity index (χ0n) is 17.6. The van der Waals surface area contributed by atoms with Crippen LogP contribution in [0.25, 0.3) is 10.2 Å². The highest BCUT2D eigenvalue weighted by molar-refractivity contribution is 7.19. The Hall–Kier alpha value is -2.51. The average molecular weight is 425 g/mol. The van der Waals surface area contributed by atoms with Gasteiger partial charge >= 0.3 is 5.97 Å². The summed E-state index contributed by atoms with van der Waals surface area (Å²) in [4.78, 5) is 26.0. The quantitative estimate of drug-likeness (QED) is 0.523. The number of thiophene rings is 1. The molecular formula is C23H28N4O2S. The Bertz CT molecular complexity index is 1010. The molecule has 0 atom stereocenters. The Balaban J connectivity index is 1.44. The lowest BCUT2D eigenvalue weighted by Crippen LogP contribution is -2.27. The summed E-state index contributed by atoms with van der Waals surface area (Å²) >= 11 is 1.79. The number of likely N-dealkylation sites (N-methyl/N-ethyl adjacent to an activating group) is 1. The van der Waals surface area contributed by atoms with Gasteiger partial charge in [-0.15, -0.1) is 11.3 Å². The van der Waals surface area contributed by atoms with E-state index in [1.807, 2.05) is 12.1 Å². The third-order valence-corrected chi connectivity index (χ3v) is 6.87. The molecule has 2 heterocycles. The number of carbonyl (C=O) groups excluding carboxylic acids is 1. The monoisotopic (exact) mass is 424 g/mol. The van der Waals surface area contributed by atoms with E-state index in [2.05, 4.69) is 34.0 Å². The standard InChI is InChI=1S/C23H28N4O2S/c1-3-27(4-2)13-14-29-23(28)16-9-11-17(12-10-16)26-21-20-18-7-5-6-8-19(18)30-22(20)25-15-24-21/h9-12,15H,3-8,13-14H2,1-2H3,(H,24,25,26). The third-order valence-electron chi connectivity index (χ3n) is 5.67. The molecular weight excluding hydrogens is 396 g/mol. The number of anilines is 2. The maximum atomic E-state index is 12.3. The number of hydrogen-bond acceptors (Lipinski definition) is 7. The maximum Gasteiger partial charge on any atom is 0.338 e. The molecule has 1 aromatic carbocycles. The van der Waals surface area contributed by atoms with Gasteiger partial charge in [-0.05, 0) is 68.6 Å². The molecule has 0 fully saturated rings. The van der Waals surface area contributed by atoms with Crippen molar-refractivity contribution in [2.45, 2.75) is 39.5 Å². The van der Waals surface area contributed by atoms with Crippen molar-refractivity contribution in [1.29, 1.82) is 0 Å². The van der Waals surface area contributed by atoms with Gasteiger partial charge in [0, 0.05) is 17.1 Å². The number of rotatable bonds is 8. The molecule has 0 saturated carbocycles. The molecule has 1 N–H and O–H groups in total. The van der Waals surface area contributed by atoms with Gasteiger partial charge in [0.25, 0.3) is 0 Å². The first-order valence-corrected chi connectivity index (χ1v) is 11.5. The van der Waals surface area contributed by atoms with E-state index in [1.54, 1.807) is 29.8 Å². The molecule has 1 aliphatic rings. The Morgan fingerprint density at radius 3 is 2.67 bits per heavy atom. The SMILES string of the molecule is CCN(CC)CCOC(=O)c1ccc(Nc2ncnc3sc4c(c23)CCCC4)cc1. The molecule has 0 bridgehead atoms. The highest BCUT2D eigenvalue weighted by Crippen LogP contribution is 2.38. The summed E-state index contributed by atoms with van der Waals surface area (Å²) in [5, 5.41) is 4.57. The number of benzene rings is 1. The zero-order chi connectivity index (χ0) is 20.9. The van der Waals surface area contributed by atoms with Gasteiger partial charge in [0.1, 0.15) is 23.6 Å². The number of ether oxygens (including phenoxy) is 1. The summed E-state index contributed by atoms with van der Waals surface area (Å²) in [5.74, 6) is 0.555. The van der Waals surface area contributed by atoms with E-state index in [9.17, 15) is 4.79 Å². The van der Waals surface area contributed by atoms with Crippen molar-refractivity contribution in [3.63, 3.8) is 0 Å². The molecule has 0 saturated heterocycles. The minimum atomic E-state index is -0.287. The molecule has 0 amide bonds. The minimum absolute atomic E-state index is 0.287. The summed E-state index contributed by atoms with van der Waals surface area (Å²) in [7, 11) is 0. The molecule has 6 nitrogen and oxygen atoms in total. The van der Waals surface area contributed by atoms with Crippen LogP contribution in [-0.2, 0) is 17.6 Å². The molecule has 0 radical (unpaired) electrons. The zero-order valence-corrected chi connectivity index (χ0v) is 18.4. The van der Waals surface area contributed by atoms with Crippen molar-refractivity contribution < 1.29 is 9.53 Å². The van der Waals surface area contributed by atoms with Gasteiger partial charge in [-0.25, -0.2) is 14.8 Å². The second-order valence-corrected chi connectivity index (χ2v) is 8.56. The molecule has 4 rings (SSSR count). The molecule has 158 valence electrons. The Morgan fingerprint density at radius 1 is 1.13 bits per heavy atom. The van der Waals surface area contributed by atoms with Crippen molar-refractivity contribution in [2.24, 2.45) is 0 Å². The fourth-order valence-electron chi connectivity index (χ4n) is 3.90. The second-order valence-electron chi connectivity index (χ2n) is 7.48. The van der Waals surface area contributed by atoms with Crippen LogP contribution in [0.2, 0.25) is 0 Å². The van der Waals surface area contributed by atoms with Crippen LogP contribution in [-0.4, -0.2) is 47.1 Å². The second kappa shape index (κ2) is 9.53. The summed E-state index contributed by atoms with van der Waals surface area (Å²) in [6.45, 7) is 7.29. The van der Waals surface area contributed by atoms with Crippen LogP contribution >= 0.6 is 11.3 Å². The molecule has 2 aromatic heterocycles. The number of fused-ring (bicyclic) bond motifs is 3. The molecule has 0 spiro atoms. The van der Waals surface area contributed by atoms with Crippen LogP contribution in [0.5, 0.6) is 0 Å². The van der Waals surface area contributed by atoms with E-state index in [0.717, 1.165) is 54.2 Å². The molecule has 30 heavy (non-hydrogen) atoms. The van der Waals surface area contributed by atoms with Gasteiger partial charge in [-0.1, -0.05) is 13.8 Å². The predicted molar refractivity (Wildman–Crippen MR) is 122 cm³/mol. The largest absolute Gasteiger partial charge is 0.461 e. The number of nitrogens with zero attached hydrogens (tertiary/aromatic N) is 3. The molecule has 1 aliphatic carbocycles. The normalized spacial score (nSPS) is 13.4. The molecule has 0 unspecified atom stereocenters. The fraction of sp³-hybridized carbons (Fsp3) is 0.435. The molecule has 7 heteroatoms. The first kappa shape index (κ1) is 20.8. The van der Waals surface area contributed by atoms with Crippen molar-refractivity contribution >= 4 is 39.0 Å². The van der Waals surface area contributed by atoms with Crippen LogP contribution in [0.1, 0.15) is 47.5 Å². The lowest BCUT2D eigenvalue weighted by Gasteiger charge is -2.17. The third kappa shape index (κ3) is 4.47.